The maximum Gasteiger partial charge on any atom is 0.225 e. The van der Waals surface area contributed by atoms with Gasteiger partial charge < -0.3 is 10.2 Å². The molecule has 1 aliphatic carbocycles. The number of anilines is 1. The summed E-state index contributed by atoms with van der Waals surface area (Å²) in [6.07, 6.45) is 6.58. The van der Waals surface area contributed by atoms with Gasteiger partial charge in [-0.25, -0.2) is 9.97 Å². The van der Waals surface area contributed by atoms with E-state index in [4.69, 9.17) is 0 Å². The summed E-state index contributed by atoms with van der Waals surface area (Å²) in [4.78, 5) is 11.0. The summed E-state index contributed by atoms with van der Waals surface area (Å²) < 4.78 is 0. The van der Waals surface area contributed by atoms with Crippen molar-refractivity contribution in [2.45, 2.75) is 33.2 Å². The standard InChI is InChI=1S/C14H24N4/c1-11(2)6-15-7-13-8-16-14(17-9-13)18(3)10-12-4-5-12/h8-9,11-12,15H,4-7,10H2,1-3H3. The number of hydrogen-bond acceptors (Lipinski definition) is 4. The fraction of sp³-hybridized carbons (Fsp3) is 0.714. The van der Waals surface area contributed by atoms with Crippen LogP contribution in [0.2, 0.25) is 0 Å². The summed E-state index contributed by atoms with van der Waals surface area (Å²) in [5.74, 6) is 2.38. The third-order valence-corrected chi connectivity index (χ3v) is 3.14. The molecule has 1 aromatic heterocycles. The van der Waals surface area contributed by atoms with Gasteiger partial charge in [0, 0.05) is 38.1 Å². The van der Waals surface area contributed by atoms with Crippen LogP contribution in [0.4, 0.5) is 5.95 Å². The van der Waals surface area contributed by atoms with Crippen LogP contribution in [0.25, 0.3) is 0 Å². The lowest BCUT2D eigenvalue weighted by atomic mass is 10.2. The smallest absolute Gasteiger partial charge is 0.225 e. The van der Waals surface area contributed by atoms with Crippen molar-refractivity contribution in [3.05, 3.63) is 18.0 Å². The van der Waals surface area contributed by atoms with Crippen molar-refractivity contribution in [2.24, 2.45) is 11.8 Å². The zero-order valence-electron chi connectivity index (χ0n) is 11.7. The molecule has 1 aromatic rings. The van der Waals surface area contributed by atoms with Gasteiger partial charge >= 0.3 is 0 Å². The van der Waals surface area contributed by atoms with Gasteiger partial charge in [-0.1, -0.05) is 13.8 Å². The number of nitrogens with zero attached hydrogens (tertiary/aromatic N) is 3. The van der Waals surface area contributed by atoms with E-state index in [1.807, 2.05) is 12.4 Å². The molecular weight excluding hydrogens is 224 g/mol. The topological polar surface area (TPSA) is 41.1 Å². The Kier molecular flexibility index (Phi) is 4.53. The number of nitrogens with one attached hydrogen (secondary N) is 1. The largest absolute Gasteiger partial charge is 0.344 e. The van der Waals surface area contributed by atoms with Gasteiger partial charge in [-0.15, -0.1) is 0 Å². The molecule has 4 heteroatoms. The van der Waals surface area contributed by atoms with E-state index >= 15 is 0 Å². The predicted molar refractivity (Wildman–Crippen MR) is 74.6 cm³/mol. The zero-order valence-corrected chi connectivity index (χ0v) is 11.7. The highest BCUT2D eigenvalue weighted by atomic mass is 15.2. The average Bonchev–Trinajstić information content (AvgIpc) is 3.13. The Morgan fingerprint density at radius 3 is 2.56 bits per heavy atom. The summed E-state index contributed by atoms with van der Waals surface area (Å²) in [5.41, 5.74) is 1.15. The van der Waals surface area contributed by atoms with Gasteiger partial charge in [0.1, 0.15) is 0 Å². The molecular formula is C14H24N4. The Bertz CT molecular complexity index is 357. The highest BCUT2D eigenvalue weighted by Gasteiger charge is 2.23. The second-order valence-corrected chi connectivity index (χ2v) is 5.74. The van der Waals surface area contributed by atoms with Crippen LogP contribution < -0.4 is 10.2 Å². The highest BCUT2D eigenvalue weighted by molar-refractivity contribution is 5.28. The van der Waals surface area contributed by atoms with Crippen molar-refractivity contribution in [2.75, 3.05) is 25.0 Å². The summed E-state index contributed by atoms with van der Waals surface area (Å²) >= 11 is 0. The summed E-state index contributed by atoms with van der Waals surface area (Å²) in [6, 6.07) is 0. The van der Waals surface area contributed by atoms with Gasteiger partial charge in [0.15, 0.2) is 0 Å². The van der Waals surface area contributed by atoms with E-state index in [-0.39, 0.29) is 0 Å². The molecule has 2 rings (SSSR count). The Balaban J connectivity index is 1.80. The fourth-order valence-electron chi connectivity index (χ4n) is 1.91. The quantitative estimate of drug-likeness (QED) is 0.802. The Morgan fingerprint density at radius 2 is 2.00 bits per heavy atom. The van der Waals surface area contributed by atoms with E-state index in [2.05, 4.69) is 41.1 Å². The van der Waals surface area contributed by atoms with Gasteiger partial charge in [-0.3, -0.25) is 0 Å². The molecule has 0 aromatic carbocycles. The lowest BCUT2D eigenvalue weighted by Gasteiger charge is -2.16. The van der Waals surface area contributed by atoms with E-state index in [9.17, 15) is 0 Å². The van der Waals surface area contributed by atoms with E-state index in [0.717, 1.165) is 37.1 Å². The van der Waals surface area contributed by atoms with Crippen molar-refractivity contribution >= 4 is 5.95 Å². The van der Waals surface area contributed by atoms with Crippen molar-refractivity contribution in [1.82, 2.24) is 15.3 Å². The van der Waals surface area contributed by atoms with Gasteiger partial charge in [-0.05, 0) is 31.2 Å². The highest BCUT2D eigenvalue weighted by Crippen LogP contribution is 2.29. The second-order valence-electron chi connectivity index (χ2n) is 5.74. The molecule has 0 radical (unpaired) electrons. The molecule has 0 unspecified atom stereocenters. The minimum Gasteiger partial charge on any atom is -0.344 e. The molecule has 0 saturated heterocycles. The number of aromatic nitrogens is 2. The van der Waals surface area contributed by atoms with Crippen LogP contribution in [-0.2, 0) is 6.54 Å². The maximum absolute atomic E-state index is 4.43. The van der Waals surface area contributed by atoms with E-state index in [1.54, 1.807) is 0 Å². The molecule has 1 saturated carbocycles. The normalized spacial score (nSPS) is 15.1. The van der Waals surface area contributed by atoms with Gasteiger partial charge in [0.25, 0.3) is 0 Å². The monoisotopic (exact) mass is 248 g/mol. The molecule has 100 valence electrons. The van der Waals surface area contributed by atoms with Crippen molar-refractivity contribution < 1.29 is 0 Å². The summed E-state index contributed by atoms with van der Waals surface area (Å²) in [6.45, 7) is 7.39. The predicted octanol–water partition coefficient (Wildman–Crippen LogP) is 2.07. The maximum atomic E-state index is 4.43. The van der Waals surface area contributed by atoms with Crippen LogP contribution in [0, 0.1) is 11.8 Å². The molecule has 0 aliphatic heterocycles. The molecule has 1 heterocycles. The molecule has 1 aliphatic rings. The molecule has 1 fully saturated rings. The van der Waals surface area contributed by atoms with Crippen LogP contribution in [-0.4, -0.2) is 30.1 Å². The second kappa shape index (κ2) is 6.14. The average molecular weight is 248 g/mol. The Morgan fingerprint density at radius 1 is 1.33 bits per heavy atom. The molecule has 0 atom stereocenters. The third-order valence-electron chi connectivity index (χ3n) is 3.14. The lowest BCUT2D eigenvalue weighted by Crippen LogP contribution is -2.23. The molecule has 0 bridgehead atoms. The zero-order chi connectivity index (χ0) is 13.0. The van der Waals surface area contributed by atoms with Gasteiger partial charge in [0.05, 0.1) is 0 Å². The van der Waals surface area contributed by atoms with Gasteiger partial charge in [-0.2, -0.15) is 0 Å². The van der Waals surface area contributed by atoms with E-state index in [1.165, 1.54) is 12.8 Å². The Hall–Kier alpha value is -1.16. The molecule has 18 heavy (non-hydrogen) atoms. The van der Waals surface area contributed by atoms with E-state index < -0.39 is 0 Å². The lowest BCUT2D eigenvalue weighted by molar-refractivity contribution is 0.551. The SMILES string of the molecule is CC(C)CNCc1cnc(N(C)CC2CC2)nc1. The first-order valence-electron chi connectivity index (χ1n) is 6.88. The van der Waals surface area contributed by atoms with Crippen molar-refractivity contribution in [3.63, 3.8) is 0 Å². The molecule has 4 nitrogen and oxygen atoms in total. The van der Waals surface area contributed by atoms with Crippen LogP contribution in [0.15, 0.2) is 12.4 Å². The minimum atomic E-state index is 0.676. The van der Waals surface area contributed by atoms with Crippen molar-refractivity contribution in [1.29, 1.82) is 0 Å². The van der Waals surface area contributed by atoms with Crippen LogP contribution in [0.3, 0.4) is 0 Å². The fourth-order valence-corrected chi connectivity index (χ4v) is 1.91. The first kappa shape index (κ1) is 13.3. The van der Waals surface area contributed by atoms with Crippen molar-refractivity contribution in [3.8, 4) is 0 Å². The summed E-state index contributed by atoms with van der Waals surface area (Å²) in [7, 11) is 2.07. The van der Waals surface area contributed by atoms with E-state index in [0.29, 0.717) is 5.92 Å². The number of hydrogen-bond donors (Lipinski definition) is 1. The third kappa shape index (κ3) is 4.26. The van der Waals surface area contributed by atoms with Crippen LogP contribution in [0.1, 0.15) is 32.3 Å². The molecule has 1 N–H and O–H groups in total. The Labute approximate surface area is 110 Å². The number of rotatable bonds is 7. The molecule has 0 spiro atoms. The van der Waals surface area contributed by atoms with Crippen LogP contribution in [0.5, 0.6) is 0 Å². The van der Waals surface area contributed by atoms with Gasteiger partial charge in [0.2, 0.25) is 5.95 Å². The first-order valence-corrected chi connectivity index (χ1v) is 6.88. The minimum absolute atomic E-state index is 0.676. The summed E-state index contributed by atoms with van der Waals surface area (Å²) in [5, 5.41) is 3.40. The molecule has 0 amide bonds. The first-order chi connectivity index (χ1) is 8.65. The van der Waals surface area contributed by atoms with Crippen LogP contribution >= 0.6 is 0 Å².